The quantitative estimate of drug-likeness (QED) is 0.785. The number of hydrogen-bond acceptors (Lipinski definition) is 2. The summed E-state index contributed by atoms with van der Waals surface area (Å²) in [6, 6.07) is 14.6. The van der Waals surface area contributed by atoms with Gasteiger partial charge in [-0.15, -0.1) is 0 Å². The first kappa shape index (κ1) is 14.8. The molecule has 0 bridgehead atoms. The van der Waals surface area contributed by atoms with Gasteiger partial charge in [0.15, 0.2) is 0 Å². The maximum absolute atomic E-state index is 10.3. The predicted octanol–water partition coefficient (Wildman–Crippen LogP) is 4.14. The molecule has 0 fully saturated rings. The Bertz CT molecular complexity index is 804. The molecule has 0 saturated carbocycles. The van der Waals surface area contributed by atoms with E-state index in [1.54, 1.807) is 0 Å². The Kier molecular flexibility index (Phi) is 3.99. The van der Waals surface area contributed by atoms with Crippen LogP contribution >= 0.6 is 0 Å². The van der Waals surface area contributed by atoms with Crippen molar-refractivity contribution in [2.75, 3.05) is 0 Å². The number of para-hydroxylation sites is 2. The molecular formula is C19H22N2O. The Morgan fingerprint density at radius 1 is 1.14 bits per heavy atom. The van der Waals surface area contributed by atoms with Crippen LogP contribution in [0.2, 0.25) is 0 Å². The van der Waals surface area contributed by atoms with Crippen molar-refractivity contribution in [3.05, 3.63) is 65.0 Å². The Morgan fingerprint density at radius 2 is 1.91 bits per heavy atom. The highest BCUT2D eigenvalue weighted by atomic mass is 16.3. The zero-order valence-electron chi connectivity index (χ0n) is 13.4. The fourth-order valence-electron chi connectivity index (χ4n) is 2.84. The van der Waals surface area contributed by atoms with Crippen molar-refractivity contribution >= 4 is 11.0 Å². The lowest BCUT2D eigenvalue weighted by atomic mass is 10.1. The van der Waals surface area contributed by atoms with Crippen LogP contribution in [-0.4, -0.2) is 14.7 Å². The van der Waals surface area contributed by atoms with Crippen LogP contribution in [-0.2, 0) is 6.54 Å². The van der Waals surface area contributed by atoms with E-state index in [0.29, 0.717) is 6.42 Å². The molecule has 1 aromatic heterocycles. The maximum atomic E-state index is 10.3. The van der Waals surface area contributed by atoms with E-state index in [1.165, 1.54) is 16.7 Å². The van der Waals surface area contributed by atoms with Gasteiger partial charge < -0.3 is 9.67 Å². The van der Waals surface area contributed by atoms with E-state index in [0.717, 1.165) is 23.4 Å². The highest BCUT2D eigenvalue weighted by Gasteiger charge is 2.17. The lowest BCUT2D eigenvalue weighted by Crippen LogP contribution is -2.10. The summed E-state index contributed by atoms with van der Waals surface area (Å²) in [6.07, 6.45) is 0.133. The number of aryl methyl sites for hydroxylation is 2. The molecule has 0 aliphatic heterocycles. The number of aliphatic hydroxyl groups is 1. The minimum absolute atomic E-state index is 0.530. The second kappa shape index (κ2) is 5.93. The Balaban J connectivity index is 2.14. The molecule has 3 aromatic rings. The summed E-state index contributed by atoms with van der Waals surface area (Å²) in [5.41, 5.74) is 5.80. The third-order valence-electron chi connectivity index (χ3n) is 4.20. The first-order valence-electron chi connectivity index (χ1n) is 7.79. The van der Waals surface area contributed by atoms with E-state index in [4.69, 9.17) is 0 Å². The van der Waals surface area contributed by atoms with Crippen molar-refractivity contribution in [1.29, 1.82) is 0 Å². The molecule has 1 atom stereocenters. The number of nitrogens with zero attached hydrogens (tertiary/aromatic N) is 2. The molecule has 0 aliphatic rings. The zero-order chi connectivity index (χ0) is 15.7. The van der Waals surface area contributed by atoms with Crippen molar-refractivity contribution in [3.8, 4) is 0 Å². The first-order valence-corrected chi connectivity index (χ1v) is 7.79. The smallest absolute Gasteiger partial charge is 0.139 e. The van der Waals surface area contributed by atoms with Gasteiger partial charge in [-0.05, 0) is 43.5 Å². The minimum atomic E-state index is -0.530. The third-order valence-corrected chi connectivity index (χ3v) is 4.20. The van der Waals surface area contributed by atoms with Crippen LogP contribution in [0.4, 0.5) is 0 Å². The second-order valence-corrected chi connectivity index (χ2v) is 5.90. The average molecular weight is 294 g/mol. The highest BCUT2D eigenvalue weighted by Crippen LogP contribution is 2.24. The summed E-state index contributed by atoms with van der Waals surface area (Å²) in [7, 11) is 0. The Morgan fingerprint density at radius 3 is 2.68 bits per heavy atom. The molecule has 22 heavy (non-hydrogen) atoms. The van der Waals surface area contributed by atoms with Crippen LogP contribution in [0.5, 0.6) is 0 Å². The highest BCUT2D eigenvalue weighted by molar-refractivity contribution is 5.76. The van der Waals surface area contributed by atoms with Gasteiger partial charge in [0.1, 0.15) is 11.9 Å². The summed E-state index contributed by atoms with van der Waals surface area (Å²) < 4.78 is 2.14. The van der Waals surface area contributed by atoms with Gasteiger partial charge in [-0.1, -0.05) is 42.8 Å². The molecule has 0 radical (unpaired) electrons. The van der Waals surface area contributed by atoms with Crippen molar-refractivity contribution < 1.29 is 5.11 Å². The van der Waals surface area contributed by atoms with E-state index in [1.807, 2.05) is 25.1 Å². The monoisotopic (exact) mass is 294 g/mol. The fourth-order valence-corrected chi connectivity index (χ4v) is 2.84. The van der Waals surface area contributed by atoms with Gasteiger partial charge >= 0.3 is 0 Å². The van der Waals surface area contributed by atoms with Gasteiger partial charge in [0.25, 0.3) is 0 Å². The molecule has 2 aromatic carbocycles. The number of aliphatic hydroxyl groups excluding tert-OH is 1. The van der Waals surface area contributed by atoms with Crippen LogP contribution in [0.15, 0.2) is 42.5 Å². The van der Waals surface area contributed by atoms with E-state index in [-0.39, 0.29) is 0 Å². The second-order valence-electron chi connectivity index (χ2n) is 5.90. The fraction of sp³-hybridized carbons (Fsp3) is 0.316. The summed E-state index contributed by atoms with van der Waals surface area (Å²) in [6.45, 7) is 6.95. The van der Waals surface area contributed by atoms with Gasteiger partial charge in [0.05, 0.1) is 11.0 Å². The zero-order valence-corrected chi connectivity index (χ0v) is 13.4. The van der Waals surface area contributed by atoms with Crippen LogP contribution in [0.3, 0.4) is 0 Å². The van der Waals surface area contributed by atoms with Gasteiger partial charge in [-0.3, -0.25) is 0 Å². The van der Waals surface area contributed by atoms with E-state index < -0.39 is 6.10 Å². The normalized spacial score (nSPS) is 12.7. The van der Waals surface area contributed by atoms with Gasteiger partial charge in [0.2, 0.25) is 0 Å². The van der Waals surface area contributed by atoms with E-state index >= 15 is 0 Å². The van der Waals surface area contributed by atoms with Crippen LogP contribution in [0.1, 0.15) is 42.0 Å². The molecule has 114 valence electrons. The van der Waals surface area contributed by atoms with E-state index in [9.17, 15) is 5.11 Å². The Labute approximate surface area is 131 Å². The first-order chi connectivity index (χ1) is 10.6. The largest absolute Gasteiger partial charge is 0.385 e. The number of hydrogen-bond donors (Lipinski definition) is 1. The van der Waals surface area contributed by atoms with Gasteiger partial charge in [-0.25, -0.2) is 4.98 Å². The maximum Gasteiger partial charge on any atom is 0.139 e. The minimum Gasteiger partial charge on any atom is -0.385 e. The topological polar surface area (TPSA) is 38.1 Å². The van der Waals surface area contributed by atoms with Crippen LogP contribution < -0.4 is 0 Å². The number of benzene rings is 2. The standard InChI is InChI=1S/C19H22N2O/c1-4-18(22)19-20-16-7-5-6-8-17(16)21(19)12-15-11-13(2)9-10-14(15)3/h5-11,18,22H,4,12H2,1-3H3/t18-/m1/s1. The van der Waals surface area contributed by atoms with Crippen molar-refractivity contribution in [3.63, 3.8) is 0 Å². The summed E-state index contributed by atoms with van der Waals surface area (Å²) >= 11 is 0. The Hall–Kier alpha value is -2.13. The average Bonchev–Trinajstić information content (AvgIpc) is 2.89. The molecule has 1 N–H and O–H groups in total. The number of rotatable bonds is 4. The molecule has 0 amide bonds. The summed E-state index contributed by atoms with van der Waals surface area (Å²) in [5.74, 6) is 0.754. The van der Waals surface area contributed by atoms with Gasteiger partial charge in [-0.2, -0.15) is 0 Å². The van der Waals surface area contributed by atoms with Gasteiger partial charge in [0, 0.05) is 6.54 Å². The molecule has 3 heteroatoms. The predicted molar refractivity (Wildman–Crippen MR) is 90.0 cm³/mol. The SMILES string of the molecule is CC[C@@H](O)c1nc2ccccc2n1Cc1cc(C)ccc1C. The van der Waals surface area contributed by atoms with Crippen LogP contribution in [0.25, 0.3) is 11.0 Å². The molecule has 0 aliphatic carbocycles. The third kappa shape index (κ3) is 2.64. The van der Waals surface area contributed by atoms with E-state index in [2.05, 4.69) is 47.7 Å². The molecule has 3 rings (SSSR count). The molecule has 1 heterocycles. The molecule has 0 saturated heterocycles. The van der Waals surface area contributed by atoms with Crippen molar-refractivity contribution in [1.82, 2.24) is 9.55 Å². The lowest BCUT2D eigenvalue weighted by Gasteiger charge is -2.14. The number of imidazole rings is 1. The summed E-state index contributed by atoms with van der Waals surface area (Å²) in [5, 5.41) is 10.3. The van der Waals surface area contributed by atoms with Crippen molar-refractivity contribution in [2.45, 2.75) is 39.8 Å². The van der Waals surface area contributed by atoms with Crippen LogP contribution in [0, 0.1) is 13.8 Å². The number of aromatic nitrogens is 2. The number of fused-ring (bicyclic) bond motifs is 1. The summed E-state index contributed by atoms with van der Waals surface area (Å²) in [4.78, 5) is 4.64. The molecule has 0 spiro atoms. The van der Waals surface area contributed by atoms with Crippen molar-refractivity contribution in [2.24, 2.45) is 0 Å². The molecular weight excluding hydrogens is 272 g/mol. The molecule has 3 nitrogen and oxygen atoms in total. The molecule has 0 unspecified atom stereocenters. The lowest BCUT2D eigenvalue weighted by molar-refractivity contribution is 0.160.